The van der Waals surface area contributed by atoms with Crippen LogP contribution in [-0.2, 0) is 0 Å². The van der Waals surface area contributed by atoms with Gasteiger partial charge in [-0.25, -0.2) is 0 Å². The molecule has 0 aliphatic rings. The SMILES string of the molecule is CSCCC(NC(=O)c1cc(Cl)cc(Cl)c1)c1nnc2ccccn12. The van der Waals surface area contributed by atoms with Gasteiger partial charge in [0.1, 0.15) is 0 Å². The highest BCUT2D eigenvalue weighted by Gasteiger charge is 2.21. The Kier molecular flexibility index (Phi) is 5.83. The van der Waals surface area contributed by atoms with Gasteiger partial charge in [0.15, 0.2) is 11.5 Å². The number of pyridine rings is 1. The molecule has 3 aromatic rings. The fourth-order valence-corrected chi connectivity index (χ4v) is 3.52. The van der Waals surface area contributed by atoms with Gasteiger partial charge in [0, 0.05) is 21.8 Å². The van der Waals surface area contributed by atoms with Crippen LogP contribution in [0.25, 0.3) is 5.65 Å². The van der Waals surface area contributed by atoms with Gasteiger partial charge < -0.3 is 5.32 Å². The second-order valence-corrected chi connectivity index (χ2v) is 7.31. The Morgan fingerprint density at radius 3 is 2.72 bits per heavy atom. The van der Waals surface area contributed by atoms with E-state index < -0.39 is 0 Å². The highest BCUT2D eigenvalue weighted by molar-refractivity contribution is 7.98. The van der Waals surface area contributed by atoms with E-state index in [1.807, 2.05) is 35.1 Å². The molecule has 0 bridgehead atoms. The van der Waals surface area contributed by atoms with Crippen LogP contribution in [0.15, 0.2) is 42.6 Å². The average Bonchev–Trinajstić information content (AvgIpc) is 3.01. The fraction of sp³-hybridized carbons (Fsp3) is 0.235. The summed E-state index contributed by atoms with van der Waals surface area (Å²) in [5.74, 6) is 1.33. The van der Waals surface area contributed by atoms with Crippen molar-refractivity contribution in [3.8, 4) is 0 Å². The monoisotopic (exact) mass is 394 g/mol. The minimum absolute atomic E-state index is 0.247. The highest BCUT2D eigenvalue weighted by atomic mass is 35.5. The Balaban J connectivity index is 1.89. The molecular formula is C17H16Cl2N4OS. The number of fused-ring (bicyclic) bond motifs is 1. The molecule has 0 fully saturated rings. The van der Waals surface area contributed by atoms with E-state index in [1.165, 1.54) is 0 Å². The van der Waals surface area contributed by atoms with Gasteiger partial charge in [-0.3, -0.25) is 9.20 Å². The third kappa shape index (κ3) is 4.26. The van der Waals surface area contributed by atoms with Gasteiger partial charge >= 0.3 is 0 Å². The van der Waals surface area contributed by atoms with Crippen LogP contribution in [0.4, 0.5) is 0 Å². The Bertz CT molecular complexity index is 879. The summed E-state index contributed by atoms with van der Waals surface area (Å²) in [6.45, 7) is 0. The number of nitrogens with one attached hydrogen (secondary N) is 1. The summed E-state index contributed by atoms with van der Waals surface area (Å²) >= 11 is 13.7. The molecule has 1 unspecified atom stereocenters. The van der Waals surface area contributed by atoms with E-state index in [0.717, 1.165) is 17.8 Å². The molecule has 5 nitrogen and oxygen atoms in total. The van der Waals surface area contributed by atoms with Gasteiger partial charge in [-0.05, 0) is 48.8 Å². The molecule has 8 heteroatoms. The predicted octanol–water partition coefficient (Wildman–Crippen LogP) is 4.26. The lowest BCUT2D eigenvalue weighted by molar-refractivity contribution is 0.0934. The number of halogens is 2. The van der Waals surface area contributed by atoms with E-state index in [2.05, 4.69) is 15.5 Å². The summed E-state index contributed by atoms with van der Waals surface area (Å²) in [7, 11) is 0. The van der Waals surface area contributed by atoms with E-state index in [9.17, 15) is 4.79 Å². The molecule has 1 amide bonds. The summed E-state index contributed by atoms with van der Waals surface area (Å²) in [5, 5.41) is 12.3. The topological polar surface area (TPSA) is 59.3 Å². The summed E-state index contributed by atoms with van der Waals surface area (Å²) in [6, 6.07) is 10.2. The summed E-state index contributed by atoms with van der Waals surface area (Å²) in [4.78, 5) is 12.7. The molecule has 130 valence electrons. The molecule has 0 aliphatic carbocycles. The van der Waals surface area contributed by atoms with Crippen molar-refractivity contribution in [2.45, 2.75) is 12.5 Å². The normalized spacial score (nSPS) is 12.3. The Morgan fingerprint density at radius 2 is 2.00 bits per heavy atom. The lowest BCUT2D eigenvalue weighted by atomic mass is 10.1. The van der Waals surface area contributed by atoms with Gasteiger partial charge in [0.2, 0.25) is 0 Å². The first-order valence-electron chi connectivity index (χ1n) is 7.64. The second kappa shape index (κ2) is 8.08. The molecule has 0 saturated carbocycles. The van der Waals surface area contributed by atoms with Crippen molar-refractivity contribution in [2.24, 2.45) is 0 Å². The number of hydrogen-bond acceptors (Lipinski definition) is 4. The number of rotatable bonds is 6. The van der Waals surface area contributed by atoms with Crippen LogP contribution in [0.3, 0.4) is 0 Å². The van der Waals surface area contributed by atoms with E-state index in [0.29, 0.717) is 21.4 Å². The van der Waals surface area contributed by atoms with Crippen molar-refractivity contribution in [1.29, 1.82) is 0 Å². The Hall–Kier alpha value is -1.76. The lowest BCUT2D eigenvalue weighted by Crippen LogP contribution is -2.30. The molecule has 0 spiro atoms. The van der Waals surface area contributed by atoms with Crippen molar-refractivity contribution in [3.05, 3.63) is 64.0 Å². The largest absolute Gasteiger partial charge is 0.342 e. The van der Waals surface area contributed by atoms with Gasteiger partial charge in [0.25, 0.3) is 5.91 Å². The molecule has 1 atom stereocenters. The quantitative estimate of drug-likeness (QED) is 0.678. The summed E-state index contributed by atoms with van der Waals surface area (Å²) < 4.78 is 1.89. The van der Waals surface area contributed by atoms with Gasteiger partial charge in [-0.15, -0.1) is 10.2 Å². The first-order valence-corrected chi connectivity index (χ1v) is 9.79. The van der Waals surface area contributed by atoms with Gasteiger partial charge in [-0.2, -0.15) is 11.8 Å². The second-order valence-electron chi connectivity index (χ2n) is 5.45. The van der Waals surface area contributed by atoms with Crippen LogP contribution in [0, 0.1) is 0 Å². The third-order valence-electron chi connectivity index (χ3n) is 3.69. The van der Waals surface area contributed by atoms with Crippen molar-refractivity contribution < 1.29 is 4.79 Å². The van der Waals surface area contributed by atoms with Crippen LogP contribution in [0.1, 0.15) is 28.6 Å². The zero-order chi connectivity index (χ0) is 17.8. The third-order valence-corrected chi connectivity index (χ3v) is 4.77. The summed E-state index contributed by atoms with van der Waals surface area (Å²) in [5.41, 5.74) is 1.16. The van der Waals surface area contributed by atoms with Crippen LogP contribution in [-0.4, -0.2) is 32.5 Å². The molecule has 25 heavy (non-hydrogen) atoms. The number of thioether (sulfide) groups is 1. The molecule has 1 N–H and O–H groups in total. The van der Waals surface area contributed by atoms with Gasteiger partial charge in [0.05, 0.1) is 6.04 Å². The zero-order valence-corrected chi connectivity index (χ0v) is 15.8. The standard InChI is InChI=1S/C17H16Cl2N4OS/c1-25-7-5-14(16-22-21-15-4-2-3-6-23(15)16)20-17(24)11-8-12(18)10-13(19)9-11/h2-4,6,8-10,14H,5,7H2,1H3,(H,20,24). The first-order chi connectivity index (χ1) is 12.1. The molecule has 0 saturated heterocycles. The molecule has 2 aromatic heterocycles. The molecule has 0 aliphatic heterocycles. The number of carbonyl (C=O) groups is 1. The predicted molar refractivity (Wildman–Crippen MR) is 103 cm³/mol. The lowest BCUT2D eigenvalue weighted by Gasteiger charge is -2.17. The van der Waals surface area contributed by atoms with E-state index in [1.54, 1.807) is 30.0 Å². The maximum Gasteiger partial charge on any atom is 0.251 e. The average molecular weight is 395 g/mol. The zero-order valence-electron chi connectivity index (χ0n) is 13.4. The molecule has 3 rings (SSSR count). The molecular weight excluding hydrogens is 379 g/mol. The molecule has 2 heterocycles. The number of benzene rings is 1. The fourth-order valence-electron chi connectivity index (χ4n) is 2.53. The Labute approximate surface area is 159 Å². The maximum atomic E-state index is 12.7. The van der Waals surface area contributed by atoms with Crippen molar-refractivity contribution in [1.82, 2.24) is 19.9 Å². The first kappa shape index (κ1) is 18.0. The number of aromatic nitrogens is 3. The molecule has 1 aromatic carbocycles. The van der Waals surface area contributed by atoms with E-state index >= 15 is 0 Å². The van der Waals surface area contributed by atoms with Crippen molar-refractivity contribution in [2.75, 3.05) is 12.0 Å². The summed E-state index contributed by atoms with van der Waals surface area (Å²) in [6.07, 6.45) is 4.65. The van der Waals surface area contributed by atoms with Crippen LogP contribution in [0.2, 0.25) is 10.0 Å². The highest BCUT2D eigenvalue weighted by Crippen LogP contribution is 2.22. The van der Waals surface area contributed by atoms with Crippen LogP contribution < -0.4 is 5.32 Å². The molecule has 0 radical (unpaired) electrons. The number of amides is 1. The van der Waals surface area contributed by atoms with E-state index in [4.69, 9.17) is 23.2 Å². The van der Waals surface area contributed by atoms with Gasteiger partial charge in [-0.1, -0.05) is 29.3 Å². The van der Waals surface area contributed by atoms with Crippen LogP contribution >= 0.6 is 35.0 Å². The van der Waals surface area contributed by atoms with Crippen LogP contribution in [0.5, 0.6) is 0 Å². The number of carbonyl (C=O) groups excluding carboxylic acids is 1. The maximum absolute atomic E-state index is 12.7. The minimum Gasteiger partial charge on any atom is -0.342 e. The Morgan fingerprint density at radius 1 is 1.24 bits per heavy atom. The smallest absolute Gasteiger partial charge is 0.251 e. The van der Waals surface area contributed by atoms with E-state index in [-0.39, 0.29) is 11.9 Å². The number of hydrogen-bond donors (Lipinski definition) is 1. The number of nitrogens with zero attached hydrogens (tertiary/aromatic N) is 3. The minimum atomic E-state index is -0.268. The van der Waals surface area contributed by atoms with Crippen molar-refractivity contribution in [3.63, 3.8) is 0 Å². The van der Waals surface area contributed by atoms with Crippen molar-refractivity contribution >= 4 is 46.5 Å².